The van der Waals surface area contributed by atoms with Crippen molar-refractivity contribution in [3.63, 3.8) is 0 Å². The number of hydrogen-bond donors (Lipinski definition) is 1. The molecule has 0 spiro atoms. The van der Waals surface area contributed by atoms with Gasteiger partial charge < -0.3 is 4.90 Å². The second-order valence-corrected chi connectivity index (χ2v) is 4.46. The van der Waals surface area contributed by atoms with Crippen LogP contribution in [0.25, 0.3) is 0 Å². The molecule has 0 saturated carbocycles. The Bertz CT molecular complexity index is 354. The highest BCUT2D eigenvalue weighted by Gasteiger charge is 2.19. The zero-order chi connectivity index (χ0) is 13.4. The van der Waals surface area contributed by atoms with E-state index in [0.717, 1.165) is 51.0 Å². The molecular weight excluding hydrogens is 228 g/mol. The normalized spacial score (nSPS) is 10.6. The van der Waals surface area contributed by atoms with E-state index < -0.39 is 0 Å². The number of nitrogens with one attached hydrogen (secondary N) is 1. The van der Waals surface area contributed by atoms with E-state index in [0.29, 0.717) is 5.82 Å². The fourth-order valence-electron chi connectivity index (χ4n) is 1.70. The SMILES string of the molecule is CCCCN(CCCC)C(=O)c1n[nH]c(CC)n1. The fourth-order valence-corrected chi connectivity index (χ4v) is 1.70. The van der Waals surface area contributed by atoms with Crippen molar-refractivity contribution in [3.8, 4) is 0 Å². The van der Waals surface area contributed by atoms with E-state index in [1.165, 1.54) is 0 Å². The van der Waals surface area contributed by atoms with Gasteiger partial charge in [-0.15, -0.1) is 5.10 Å². The van der Waals surface area contributed by atoms with Crippen LogP contribution in [0, 0.1) is 0 Å². The van der Waals surface area contributed by atoms with E-state index in [1.807, 2.05) is 11.8 Å². The number of aromatic nitrogens is 3. The number of rotatable bonds is 8. The van der Waals surface area contributed by atoms with Gasteiger partial charge in [0.05, 0.1) is 0 Å². The maximum atomic E-state index is 12.3. The van der Waals surface area contributed by atoms with E-state index >= 15 is 0 Å². The summed E-state index contributed by atoms with van der Waals surface area (Å²) in [5, 5.41) is 6.79. The number of nitrogens with zero attached hydrogens (tertiary/aromatic N) is 3. The number of carbonyl (C=O) groups excluding carboxylic acids is 1. The van der Waals surface area contributed by atoms with Gasteiger partial charge >= 0.3 is 0 Å². The van der Waals surface area contributed by atoms with Gasteiger partial charge in [0.25, 0.3) is 5.91 Å². The molecule has 18 heavy (non-hydrogen) atoms. The first-order valence-electron chi connectivity index (χ1n) is 6.93. The van der Waals surface area contributed by atoms with Gasteiger partial charge in [0.2, 0.25) is 5.82 Å². The van der Waals surface area contributed by atoms with Gasteiger partial charge in [-0.05, 0) is 12.8 Å². The van der Waals surface area contributed by atoms with Crippen molar-refractivity contribution < 1.29 is 4.79 Å². The van der Waals surface area contributed by atoms with Crippen molar-refractivity contribution in [2.75, 3.05) is 13.1 Å². The quantitative estimate of drug-likeness (QED) is 0.772. The molecule has 0 fully saturated rings. The van der Waals surface area contributed by atoms with Gasteiger partial charge in [0.15, 0.2) is 0 Å². The summed E-state index contributed by atoms with van der Waals surface area (Å²) in [4.78, 5) is 18.3. The Morgan fingerprint density at radius 3 is 2.22 bits per heavy atom. The minimum Gasteiger partial charge on any atom is -0.336 e. The summed E-state index contributed by atoms with van der Waals surface area (Å²) < 4.78 is 0. The zero-order valence-corrected chi connectivity index (χ0v) is 11.7. The Morgan fingerprint density at radius 2 is 1.78 bits per heavy atom. The minimum atomic E-state index is -0.0483. The molecular formula is C13H24N4O. The highest BCUT2D eigenvalue weighted by Crippen LogP contribution is 2.05. The summed E-state index contributed by atoms with van der Waals surface area (Å²) in [6, 6.07) is 0. The van der Waals surface area contributed by atoms with Crippen LogP contribution in [0.4, 0.5) is 0 Å². The Morgan fingerprint density at radius 1 is 1.17 bits per heavy atom. The van der Waals surface area contributed by atoms with E-state index in [1.54, 1.807) is 0 Å². The number of aryl methyl sites for hydroxylation is 1. The lowest BCUT2D eigenvalue weighted by Gasteiger charge is -2.20. The van der Waals surface area contributed by atoms with Crippen molar-refractivity contribution in [2.24, 2.45) is 0 Å². The lowest BCUT2D eigenvalue weighted by atomic mass is 10.2. The molecule has 0 atom stereocenters. The first kappa shape index (κ1) is 14.7. The van der Waals surface area contributed by atoms with Crippen LogP contribution in [-0.2, 0) is 6.42 Å². The van der Waals surface area contributed by atoms with Crippen molar-refractivity contribution in [1.82, 2.24) is 20.1 Å². The average molecular weight is 252 g/mol. The largest absolute Gasteiger partial charge is 0.336 e. The third kappa shape index (κ3) is 4.13. The van der Waals surface area contributed by atoms with E-state index in [2.05, 4.69) is 29.0 Å². The molecule has 5 nitrogen and oxygen atoms in total. The highest BCUT2D eigenvalue weighted by atomic mass is 16.2. The molecule has 1 amide bonds. The number of amides is 1. The van der Waals surface area contributed by atoms with Crippen molar-refractivity contribution in [2.45, 2.75) is 52.9 Å². The smallest absolute Gasteiger partial charge is 0.293 e. The summed E-state index contributed by atoms with van der Waals surface area (Å²) in [7, 11) is 0. The van der Waals surface area contributed by atoms with Crippen LogP contribution in [0.5, 0.6) is 0 Å². The van der Waals surface area contributed by atoms with Crippen LogP contribution >= 0.6 is 0 Å². The minimum absolute atomic E-state index is 0.0483. The number of aromatic amines is 1. The Kier molecular flexibility index (Phi) is 6.39. The number of hydrogen-bond acceptors (Lipinski definition) is 3. The van der Waals surface area contributed by atoms with Crippen LogP contribution < -0.4 is 0 Å². The van der Waals surface area contributed by atoms with Crippen molar-refractivity contribution in [1.29, 1.82) is 0 Å². The summed E-state index contributed by atoms with van der Waals surface area (Å²) in [6.45, 7) is 7.84. The van der Waals surface area contributed by atoms with Gasteiger partial charge in [-0.2, -0.15) is 0 Å². The molecule has 0 aliphatic rings. The standard InChI is InChI=1S/C13H24N4O/c1-4-7-9-17(10-8-5-2)13(18)12-14-11(6-3)15-16-12/h4-10H2,1-3H3,(H,14,15,16). The Labute approximate surface area is 109 Å². The monoisotopic (exact) mass is 252 g/mol. The highest BCUT2D eigenvalue weighted by molar-refractivity contribution is 5.90. The van der Waals surface area contributed by atoms with Gasteiger partial charge in [-0.3, -0.25) is 9.89 Å². The number of carbonyl (C=O) groups is 1. The van der Waals surface area contributed by atoms with Crippen LogP contribution in [0.3, 0.4) is 0 Å². The molecule has 5 heteroatoms. The predicted molar refractivity (Wildman–Crippen MR) is 71.5 cm³/mol. The Hall–Kier alpha value is -1.39. The molecule has 0 radical (unpaired) electrons. The number of unbranched alkanes of at least 4 members (excludes halogenated alkanes) is 2. The van der Waals surface area contributed by atoms with E-state index in [-0.39, 0.29) is 5.91 Å². The van der Waals surface area contributed by atoms with E-state index in [4.69, 9.17) is 0 Å². The summed E-state index contributed by atoms with van der Waals surface area (Å²) in [5.41, 5.74) is 0. The maximum Gasteiger partial charge on any atom is 0.293 e. The van der Waals surface area contributed by atoms with Gasteiger partial charge in [0, 0.05) is 19.5 Å². The molecule has 1 heterocycles. The molecule has 0 saturated heterocycles. The molecule has 1 aromatic rings. The average Bonchev–Trinajstić information content (AvgIpc) is 2.87. The number of H-pyrrole nitrogens is 1. The second-order valence-electron chi connectivity index (χ2n) is 4.46. The predicted octanol–water partition coefficient (Wildman–Crippen LogP) is 2.41. The zero-order valence-electron chi connectivity index (χ0n) is 11.7. The molecule has 0 unspecified atom stereocenters. The van der Waals surface area contributed by atoms with Crippen LogP contribution in [0.15, 0.2) is 0 Å². The third-order valence-corrected chi connectivity index (χ3v) is 2.91. The lowest BCUT2D eigenvalue weighted by Crippen LogP contribution is -2.33. The molecule has 0 aliphatic carbocycles. The first-order chi connectivity index (χ1) is 8.72. The van der Waals surface area contributed by atoms with Crippen LogP contribution in [-0.4, -0.2) is 39.1 Å². The lowest BCUT2D eigenvalue weighted by molar-refractivity contribution is 0.0739. The molecule has 0 bridgehead atoms. The molecule has 1 aromatic heterocycles. The summed E-state index contributed by atoms with van der Waals surface area (Å²) >= 11 is 0. The molecule has 0 aliphatic heterocycles. The molecule has 1 rings (SSSR count). The summed E-state index contributed by atoms with van der Waals surface area (Å²) in [5.74, 6) is 1.02. The second kappa shape index (κ2) is 7.84. The third-order valence-electron chi connectivity index (χ3n) is 2.91. The van der Waals surface area contributed by atoms with Crippen LogP contribution in [0.2, 0.25) is 0 Å². The van der Waals surface area contributed by atoms with E-state index in [9.17, 15) is 4.79 Å². The Balaban J connectivity index is 2.67. The van der Waals surface area contributed by atoms with Gasteiger partial charge in [0.1, 0.15) is 5.82 Å². The van der Waals surface area contributed by atoms with Gasteiger partial charge in [-0.1, -0.05) is 33.6 Å². The topological polar surface area (TPSA) is 61.9 Å². The van der Waals surface area contributed by atoms with Crippen molar-refractivity contribution >= 4 is 5.91 Å². The van der Waals surface area contributed by atoms with Crippen molar-refractivity contribution in [3.05, 3.63) is 11.6 Å². The first-order valence-corrected chi connectivity index (χ1v) is 6.93. The van der Waals surface area contributed by atoms with Crippen LogP contribution in [0.1, 0.15) is 62.9 Å². The van der Waals surface area contributed by atoms with Gasteiger partial charge in [-0.25, -0.2) is 4.98 Å². The molecule has 0 aromatic carbocycles. The maximum absolute atomic E-state index is 12.3. The summed E-state index contributed by atoms with van der Waals surface area (Å²) in [6.07, 6.45) is 5.00. The fraction of sp³-hybridized carbons (Fsp3) is 0.769. The molecule has 1 N–H and O–H groups in total. The molecule has 102 valence electrons.